The highest BCUT2D eigenvalue weighted by Crippen LogP contribution is 2.47. The van der Waals surface area contributed by atoms with Gasteiger partial charge in [-0.2, -0.15) is 0 Å². The summed E-state index contributed by atoms with van der Waals surface area (Å²) in [6.07, 6.45) is 4.52. The van der Waals surface area contributed by atoms with E-state index < -0.39 is 5.97 Å². The first kappa shape index (κ1) is 14.8. The molecule has 1 aliphatic carbocycles. The lowest BCUT2D eigenvalue weighted by Crippen LogP contribution is -2.59. The highest BCUT2D eigenvalue weighted by molar-refractivity contribution is 5.71. The fourth-order valence-electron chi connectivity index (χ4n) is 4.18. The van der Waals surface area contributed by atoms with Crippen LogP contribution in [0.15, 0.2) is 0 Å². The van der Waals surface area contributed by atoms with Crippen LogP contribution in [0, 0.1) is 23.2 Å². The molecule has 1 saturated carbocycles. The molecule has 1 heterocycles. The van der Waals surface area contributed by atoms with Gasteiger partial charge < -0.3 is 5.11 Å². The Balaban J connectivity index is 1.97. The minimum atomic E-state index is -0.609. The van der Waals surface area contributed by atoms with E-state index >= 15 is 0 Å². The lowest BCUT2D eigenvalue weighted by molar-refractivity contribution is -0.153. The van der Waals surface area contributed by atoms with Crippen LogP contribution >= 0.6 is 0 Å². The number of carboxylic acids is 1. The van der Waals surface area contributed by atoms with E-state index in [9.17, 15) is 9.90 Å². The second-order valence-electron chi connectivity index (χ2n) is 7.25. The highest BCUT2D eigenvalue weighted by atomic mass is 16.4. The predicted molar refractivity (Wildman–Crippen MR) is 77.1 cm³/mol. The van der Waals surface area contributed by atoms with E-state index in [0.717, 1.165) is 18.8 Å². The smallest absolute Gasteiger partial charge is 0.307 e. The maximum absolute atomic E-state index is 11.4. The van der Waals surface area contributed by atoms with Gasteiger partial charge in [0.15, 0.2) is 0 Å². The summed E-state index contributed by atoms with van der Waals surface area (Å²) in [5.74, 6) is 0.566. The molecule has 0 aromatic carbocycles. The van der Waals surface area contributed by atoms with Crippen molar-refractivity contribution in [2.24, 2.45) is 23.2 Å². The van der Waals surface area contributed by atoms with Crippen LogP contribution in [-0.4, -0.2) is 35.1 Å². The van der Waals surface area contributed by atoms with Crippen LogP contribution in [0.2, 0.25) is 0 Å². The third kappa shape index (κ3) is 2.67. The summed E-state index contributed by atoms with van der Waals surface area (Å²) >= 11 is 0. The first-order valence-corrected chi connectivity index (χ1v) is 7.84. The molecule has 0 bridgehead atoms. The van der Waals surface area contributed by atoms with Gasteiger partial charge in [0.1, 0.15) is 0 Å². The Bertz CT molecular complexity index is 334. The van der Waals surface area contributed by atoms with Gasteiger partial charge >= 0.3 is 5.97 Å². The van der Waals surface area contributed by atoms with Gasteiger partial charge in [0.05, 0.1) is 5.92 Å². The molecule has 2 rings (SSSR count). The number of hydrogen-bond acceptors (Lipinski definition) is 2. The first-order chi connectivity index (χ1) is 8.87. The zero-order valence-electron chi connectivity index (χ0n) is 12.9. The van der Waals surface area contributed by atoms with Gasteiger partial charge in [-0.25, -0.2) is 0 Å². The Labute approximate surface area is 117 Å². The Morgan fingerprint density at radius 1 is 1.32 bits per heavy atom. The van der Waals surface area contributed by atoms with E-state index in [1.807, 2.05) is 0 Å². The summed E-state index contributed by atoms with van der Waals surface area (Å²) in [6.45, 7) is 11.3. The average molecular weight is 267 g/mol. The van der Waals surface area contributed by atoms with Crippen molar-refractivity contribution in [2.45, 2.75) is 59.4 Å². The van der Waals surface area contributed by atoms with E-state index in [4.69, 9.17) is 0 Å². The summed E-state index contributed by atoms with van der Waals surface area (Å²) < 4.78 is 0. The maximum atomic E-state index is 11.4. The topological polar surface area (TPSA) is 40.5 Å². The maximum Gasteiger partial charge on any atom is 0.307 e. The van der Waals surface area contributed by atoms with E-state index in [1.165, 1.54) is 25.9 Å². The molecular formula is C16H29NO2. The fraction of sp³-hybridized carbons (Fsp3) is 0.938. The van der Waals surface area contributed by atoms with Crippen LogP contribution in [0.3, 0.4) is 0 Å². The van der Waals surface area contributed by atoms with Crippen molar-refractivity contribution < 1.29 is 9.90 Å². The van der Waals surface area contributed by atoms with Crippen molar-refractivity contribution in [3.05, 3.63) is 0 Å². The number of hydrogen-bond donors (Lipinski definition) is 1. The Kier molecular flexibility index (Phi) is 4.24. The number of likely N-dealkylation sites (tertiary alicyclic amines) is 1. The molecule has 1 aliphatic heterocycles. The van der Waals surface area contributed by atoms with Crippen molar-refractivity contribution in [1.82, 2.24) is 4.90 Å². The summed E-state index contributed by atoms with van der Waals surface area (Å²) in [4.78, 5) is 14.0. The molecule has 2 aliphatic rings. The molecule has 3 heteroatoms. The average Bonchev–Trinajstić information content (AvgIpc) is 2.27. The van der Waals surface area contributed by atoms with E-state index in [0.29, 0.717) is 12.0 Å². The van der Waals surface area contributed by atoms with Crippen molar-refractivity contribution in [3.8, 4) is 0 Å². The molecule has 0 amide bonds. The molecule has 0 aromatic heterocycles. The van der Waals surface area contributed by atoms with Crippen LogP contribution in [-0.2, 0) is 4.79 Å². The third-order valence-corrected chi connectivity index (χ3v) is 5.85. The summed E-state index contributed by atoms with van der Waals surface area (Å²) in [5.41, 5.74) is -0.0927. The third-order valence-electron chi connectivity index (χ3n) is 5.85. The molecule has 0 radical (unpaired) electrons. The van der Waals surface area contributed by atoms with Crippen LogP contribution in [0.5, 0.6) is 0 Å². The van der Waals surface area contributed by atoms with Crippen molar-refractivity contribution >= 4 is 5.97 Å². The largest absolute Gasteiger partial charge is 0.481 e. The number of carboxylic acid groups (broad SMARTS) is 1. The SMILES string of the molecule is CCCC1CN(C2CCC(C(=O)O)C(C)(C)C2C)C1. The second-order valence-corrected chi connectivity index (χ2v) is 7.25. The van der Waals surface area contributed by atoms with Crippen molar-refractivity contribution in [1.29, 1.82) is 0 Å². The van der Waals surface area contributed by atoms with Gasteiger partial charge in [-0.3, -0.25) is 9.69 Å². The zero-order chi connectivity index (χ0) is 14.2. The van der Waals surface area contributed by atoms with Crippen molar-refractivity contribution in [2.75, 3.05) is 13.1 Å². The molecule has 0 spiro atoms. The minimum absolute atomic E-state index is 0.0927. The molecule has 19 heavy (non-hydrogen) atoms. The minimum Gasteiger partial charge on any atom is -0.481 e. The summed E-state index contributed by atoms with van der Waals surface area (Å²) in [7, 11) is 0. The van der Waals surface area contributed by atoms with Gasteiger partial charge in [0.25, 0.3) is 0 Å². The van der Waals surface area contributed by atoms with Gasteiger partial charge in [-0.1, -0.05) is 34.1 Å². The fourth-order valence-corrected chi connectivity index (χ4v) is 4.18. The summed E-state index contributed by atoms with van der Waals surface area (Å²) in [6, 6.07) is 0.596. The number of nitrogens with zero attached hydrogens (tertiary/aromatic N) is 1. The molecule has 3 nitrogen and oxygen atoms in total. The standard InChI is InChI=1S/C16H29NO2/c1-5-6-12-9-17(10-12)14-8-7-13(15(18)19)16(3,4)11(14)2/h11-14H,5-10H2,1-4H3,(H,18,19). The Hall–Kier alpha value is -0.570. The van der Waals surface area contributed by atoms with Crippen LogP contribution in [0.4, 0.5) is 0 Å². The quantitative estimate of drug-likeness (QED) is 0.850. The van der Waals surface area contributed by atoms with Crippen LogP contribution in [0.25, 0.3) is 0 Å². The monoisotopic (exact) mass is 267 g/mol. The number of rotatable bonds is 4. The molecule has 3 unspecified atom stereocenters. The number of aliphatic carboxylic acids is 1. The normalized spacial score (nSPS) is 35.9. The zero-order valence-corrected chi connectivity index (χ0v) is 12.9. The second kappa shape index (κ2) is 5.43. The highest BCUT2D eigenvalue weighted by Gasteiger charge is 2.49. The molecule has 110 valence electrons. The lowest BCUT2D eigenvalue weighted by atomic mass is 9.60. The van der Waals surface area contributed by atoms with Crippen molar-refractivity contribution in [3.63, 3.8) is 0 Å². The van der Waals surface area contributed by atoms with E-state index in [2.05, 4.69) is 32.6 Å². The summed E-state index contributed by atoms with van der Waals surface area (Å²) in [5, 5.41) is 9.39. The van der Waals surface area contributed by atoms with Gasteiger partial charge in [0.2, 0.25) is 0 Å². The molecular weight excluding hydrogens is 238 g/mol. The number of carbonyl (C=O) groups is 1. The molecule has 2 fully saturated rings. The molecule has 1 saturated heterocycles. The van der Waals surface area contributed by atoms with E-state index in [1.54, 1.807) is 0 Å². The predicted octanol–water partition coefficient (Wildman–Crippen LogP) is 3.24. The molecule has 3 atom stereocenters. The van der Waals surface area contributed by atoms with E-state index in [-0.39, 0.29) is 11.3 Å². The Morgan fingerprint density at radius 3 is 2.47 bits per heavy atom. The first-order valence-electron chi connectivity index (χ1n) is 7.84. The van der Waals surface area contributed by atoms with Gasteiger partial charge in [0, 0.05) is 19.1 Å². The van der Waals surface area contributed by atoms with Gasteiger partial charge in [-0.15, -0.1) is 0 Å². The Morgan fingerprint density at radius 2 is 1.95 bits per heavy atom. The van der Waals surface area contributed by atoms with Crippen LogP contribution in [0.1, 0.15) is 53.4 Å². The van der Waals surface area contributed by atoms with Crippen LogP contribution < -0.4 is 0 Å². The molecule has 0 aromatic rings. The lowest BCUT2D eigenvalue weighted by Gasteiger charge is -2.54. The van der Waals surface area contributed by atoms with Gasteiger partial charge in [-0.05, 0) is 36.5 Å². The molecule has 1 N–H and O–H groups in total.